The van der Waals surface area contributed by atoms with Gasteiger partial charge in [-0.25, -0.2) is 19.6 Å². The number of hydrogen-bond acceptors (Lipinski definition) is 4. The van der Waals surface area contributed by atoms with Crippen molar-refractivity contribution < 1.29 is 0 Å². The van der Waals surface area contributed by atoms with Crippen LogP contribution in [0, 0.1) is 0 Å². The van der Waals surface area contributed by atoms with Gasteiger partial charge in [0.05, 0.1) is 0 Å². The third-order valence-electron chi connectivity index (χ3n) is 2.39. The molecule has 0 fully saturated rings. The predicted molar refractivity (Wildman–Crippen MR) is 60.1 cm³/mol. The first-order valence-electron chi connectivity index (χ1n) is 4.89. The van der Waals surface area contributed by atoms with E-state index in [4.69, 9.17) is 0 Å². The largest absolute Gasteiger partial charge is 0.371 e. The van der Waals surface area contributed by atoms with Gasteiger partial charge in [-0.05, 0) is 12.1 Å². The van der Waals surface area contributed by atoms with Crippen molar-refractivity contribution in [3.05, 3.63) is 37.2 Å². The fraction of sp³-hybridized carbons (Fsp3) is 0.100. The van der Waals surface area contributed by atoms with Gasteiger partial charge in [0.15, 0.2) is 17.0 Å². The Labute approximate surface area is 91.6 Å². The maximum absolute atomic E-state index is 4.30. The van der Waals surface area contributed by atoms with Crippen LogP contribution in [0.15, 0.2) is 37.2 Å². The molecule has 16 heavy (non-hydrogen) atoms. The molecule has 3 heterocycles. The molecule has 0 radical (unpaired) electrons. The Kier molecular flexibility index (Phi) is 1.86. The average Bonchev–Trinajstić information content (AvgIpc) is 2.96. The Bertz CT molecular complexity index is 609. The first-order valence-corrected chi connectivity index (χ1v) is 4.89. The van der Waals surface area contributed by atoms with Crippen LogP contribution in [-0.2, 0) is 0 Å². The lowest BCUT2D eigenvalue weighted by molar-refractivity contribution is 0.678. The summed E-state index contributed by atoms with van der Waals surface area (Å²) in [6.45, 7) is 0. The molecule has 0 aliphatic heterocycles. The zero-order valence-electron chi connectivity index (χ0n) is 8.70. The highest BCUT2D eigenvalue weighted by Crippen LogP contribution is 2.16. The van der Waals surface area contributed by atoms with E-state index in [1.807, 2.05) is 40.9 Å². The number of fused-ring (bicyclic) bond motifs is 1. The number of nitrogens with one attached hydrogen (secondary N) is 1. The van der Waals surface area contributed by atoms with Gasteiger partial charge in [-0.15, -0.1) is 0 Å². The molecule has 0 unspecified atom stereocenters. The number of nitrogens with zero attached hydrogens (tertiary/aromatic N) is 5. The smallest absolute Gasteiger partial charge is 0.184 e. The molecule has 80 valence electrons. The second-order valence-corrected chi connectivity index (χ2v) is 3.30. The van der Waals surface area contributed by atoms with E-state index in [1.165, 1.54) is 6.33 Å². The van der Waals surface area contributed by atoms with Crippen LogP contribution in [0.3, 0.4) is 0 Å². The van der Waals surface area contributed by atoms with E-state index in [2.05, 4.69) is 20.3 Å². The zero-order chi connectivity index (χ0) is 11.0. The van der Waals surface area contributed by atoms with Crippen molar-refractivity contribution in [2.75, 3.05) is 12.4 Å². The molecule has 3 aromatic rings. The van der Waals surface area contributed by atoms with Crippen LogP contribution >= 0.6 is 0 Å². The molecule has 0 atom stereocenters. The number of rotatable bonds is 2. The molecular weight excluding hydrogens is 204 g/mol. The summed E-state index contributed by atoms with van der Waals surface area (Å²) >= 11 is 0. The summed E-state index contributed by atoms with van der Waals surface area (Å²) in [6, 6.07) is 3.90. The first kappa shape index (κ1) is 8.90. The topological polar surface area (TPSA) is 60.6 Å². The second kappa shape index (κ2) is 3.34. The minimum atomic E-state index is 0.732. The number of anilines is 1. The number of imidazole rings is 1. The molecule has 1 N–H and O–H groups in total. The fourth-order valence-corrected chi connectivity index (χ4v) is 1.64. The lowest BCUT2D eigenvalue weighted by atomic mass is 10.5. The van der Waals surface area contributed by atoms with Crippen LogP contribution < -0.4 is 5.32 Å². The molecule has 0 saturated carbocycles. The van der Waals surface area contributed by atoms with E-state index in [0.717, 1.165) is 17.0 Å². The molecule has 0 amide bonds. The van der Waals surface area contributed by atoms with Gasteiger partial charge in [0.2, 0.25) is 0 Å². The van der Waals surface area contributed by atoms with Gasteiger partial charge in [0, 0.05) is 19.4 Å². The lowest BCUT2D eigenvalue weighted by Crippen LogP contribution is -2.05. The Morgan fingerprint density at radius 2 is 1.94 bits per heavy atom. The third kappa shape index (κ3) is 1.16. The van der Waals surface area contributed by atoms with Crippen molar-refractivity contribution in [1.29, 1.82) is 0 Å². The normalized spacial score (nSPS) is 10.8. The van der Waals surface area contributed by atoms with Crippen molar-refractivity contribution in [3.8, 4) is 0 Å². The maximum atomic E-state index is 4.30. The molecule has 0 spiro atoms. The highest BCUT2D eigenvalue weighted by atomic mass is 15.5. The van der Waals surface area contributed by atoms with E-state index in [-0.39, 0.29) is 0 Å². The lowest BCUT2D eigenvalue weighted by Gasteiger charge is -2.04. The van der Waals surface area contributed by atoms with Crippen LogP contribution in [0.5, 0.6) is 0 Å². The van der Waals surface area contributed by atoms with Crippen LogP contribution in [0.25, 0.3) is 11.2 Å². The standard InChI is InChI=1S/C10H10N6/c1-11-9-8-10(13-6-12-9)16(7-14-8)15-4-2-3-5-15/h2-7H,1H3,(H,11,12,13). The van der Waals surface area contributed by atoms with Crippen molar-refractivity contribution in [1.82, 2.24) is 24.3 Å². The highest BCUT2D eigenvalue weighted by Gasteiger charge is 2.08. The van der Waals surface area contributed by atoms with E-state index < -0.39 is 0 Å². The molecular formula is C10H10N6. The van der Waals surface area contributed by atoms with Gasteiger partial charge >= 0.3 is 0 Å². The summed E-state index contributed by atoms with van der Waals surface area (Å²) in [7, 11) is 1.82. The molecule has 0 aliphatic carbocycles. The molecule has 0 aliphatic rings. The molecule has 0 saturated heterocycles. The highest BCUT2D eigenvalue weighted by molar-refractivity contribution is 5.82. The summed E-state index contributed by atoms with van der Waals surface area (Å²) in [4.78, 5) is 12.6. The van der Waals surface area contributed by atoms with Crippen LogP contribution in [0.1, 0.15) is 0 Å². The Balaban J connectivity index is 2.29. The van der Waals surface area contributed by atoms with Gasteiger partial charge in [0.1, 0.15) is 12.7 Å². The average molecular weight is 214 g/mol. The summed E-state index contributed by atoms with van der Waals surface area (Å²) in [6.07, 6.45) is 7.11. The molecule has 0 aromatic carbocycles. The second-order valence-electron chi connectivity index (χ2n) is 3.30. The Morgan fingerprint density at radius 3 is 2.69 bits per heavy atom. The Hall–Kier alpha value is -2.37. The number of aromatic nitrogens is 5. The molecule has 6 nitrogen and oxygen atoms in total. The quantitative estimate of drug-likeness (QED) is 0.690. The van der Waals surface area contributed by atoms with Crippen LogP contribution in [0.2, 0.25) is 0 Å². The minimum Gasteiger partial charge on any atom is -0.371 e. The SMILES string of the molecule is CNc1ncnc2c1ncn2-n1cccc1. The molecule has 6 heteroatoms. The summed E-state index contributed by atoms with van der Waals surface area (Å²) in [5, 5.41) is 2.99. The van der Waals surface area contributed by atoms with Crippen molar-refractivity contribution in [3.63, 3.8) is 0 Å². The van der Waals surface area contributed by atoms with E-state index in [0.29, 0.717) is 0 Å². The monoisotopic (exact) mass is 214 g/mol. The summed E-state index contributed by atoms with van der Waals surface area (Å²) in [5.41, 5.74) is 1.54. The number of hydrogen-bond donors (Lipinski definition) is 1. The van der Waals surface area contributed by atoms with Crippen LogP contribution in [-0.4, -0.2) is 31.4 Å². The van der Waals surface area contributed by atoms with Gasteiger partial charge in [-0.1, -0.05) is 0 Å². The zero-order valence-corrected chi connectivity index (χ0v) is 8.70. The van der Waals surface area contributed by atoms with E-state index in [9.17, 15) is 0 Å². The van der Waals surface area contributed by atoms with Crippen molar-refractivity contribution in [2.45, 2.75) is 0 Å². The van der Waals surface area contributed by atoms with Crippen molar-refractivity contribution in [2.24, 2.45) is 0 Å². The van der Waals surface area contributed by atoms with E-state index >= 15 is 0 Å². The Morgan fingerprint density at radius 1 is 1.12 bits per heavy atom. The van der Waals surface area contributed by atoms with Gasteiger partial charge in [-0.3, -0.25) is 4.68 Å². The van der Waals surface area contributed by atoms with Gasteiger partial charge < -0.3 is 5.32 Å². The molecule has 3 rings (SSSR count). The van der Waals surface area contributed by atoms with Crippen LogP contribution in [0.4, 0.5) is 5.82 Å². The molecule has 0 bridgehead atoms. The maximum Gasteiger partial charge on any atom is 0.184 e. The van der Waals surface area contributed by atoms with E-state index in [1.54, 1.807) is 6.33 Å². The fourth-order valence-electron chi connectivity index (χ4n) is 1.64. The van der Waals surface area contributed by atoms with Crippen molar-refractivity contribution >= 4 is 17.0 Å². The summed E-state index contributed by atoms with van der Waals surface area (Å²) < 4.78 is 3.76. The molecule has 3 aromatic heterocycles. The predicted octanol–water partition coefficient (Wildman–Crippen LogP) is 0.981. The first-order chi connectivity index (χ1) is 7.90. The summed E-state index contributed by atoms with van der Waals surface area (Å²) in [5.74, 6) is 0.732. The van der Waals surface area contributed by atoms with Gasteiger partial charge in [0.25, 0.3) is 0 Å². The minimum absolute atomic E-state index is 0.732. The third-order valence-corrected chi connectivity index (χ3v) is 2.39. The van der Waals surface area contributed by atoms with Gasteiger partial charge in [-0.2, -0.15) is 0 Å².